The number of thiocarbonyl (C=S) groups is 1. The van der Waals surface area contributed by atoms with Crippen molar-refractivity contribution < 1.29 is 4.74 Å². The van der Waals surface area contributed by atoms with Crippen LogP contribution in [0.4, 0.5) is 0 Å². The zero-order chi connectivity index (χ0) is 18.2. The Kier molecular flexibility index (Phi) is 7.41. The van der Waals surface area contributed by atoms with Gasteiger partial charge in [-0.15, -0.1) is 0 Å². The summed E-state index contributed by atoms with van der Waals surface area (Å²) >= 11 is 5.45. The fourth-order valence-electron chi connectivity index (χ4n) is 3.85. The van der Waals surface area contributed by atoms with Crippen LogP contribution in [0.3, 0.4) is 0 Å². The normalized spacial score (nSPS) is 21.2. The van der Waals surface area contributed by atoms with E-state index in [-0.39, 0.29) is 6.04 Å². The second-order valence-corrected chi connectivity index (χ2v) is 7.54. The Hall–Kier alpha value is -1.50. The highest BCUT2D eigenvalue weighted by molar-refractivity contribution is 7.80. The van der Waals surface area contributed by atoms with Crippen LogP contribution in [0.1, 0.15) is 50.6 Å². The molecule has 1 aromatic carbocycles. The van der Waals surface area contributed by atoms with Crippen molar-refractivity contribution in [3.8, 4) is 0 Å². The third kappa shape index (κ3) is 5.50. The number of morpholine rings is 1. The first-order chi connectivity index (χ1) is 12.7. The van der Waals surface area contributed by atoms with E-state index in [2.05, 4.69) is 51.9 Å². The lowest BCUT2D eigenvalue weighted by atomic mass is 9.96. The fraction of sp³-hybridized carbons (Fsp3) is 0.600. The summed E-state index contributed by atoms with van der Waals surface area (Å²) in [6.07, 6.45) is 6.31. The summed E-state index contributed by atoms with van der Waals surface area (Å²) in [6.45, 7) is 5.44. The Labute approximate surface area is 162 Å². The van der Waals surface area contributed by atoms with Gasteiger partial charge in [0.1, 0.15) is 0 Å². The van der Waals surface area contributed by atoms with E-state index in [0.717, 1.165) is 32.0 Å². The van der Waals surface area contributed by atoms with E-state index in [4.69, 9.17) is 17.0 Å². The van der Waals surface area contributed by atoms with Crippen LogP contribution in [-0.2, 0) is 4.74 Å². The quantitative estimate of drug-likeness (QED) is 0.471. The van der Waals surface area contributed by atoms with Crippen molar-refractivity contribution >= 4 is 23.0 Å². The van der Waals surface area contributed by atoms with Crippen LogP contribution in [0.2, 0.25) is 0 Å². The first-order valence-corrected chi connectivity index (χ1v) is 10.1. The summed E-state index contributed by atoms with van der Waals surface area (Å²) in [5, 5.41) is 8.66. The zero-order valence-corrected chi connectivity index (χ0v) is 16.4. The van der Waals surface area contributed by atoms with Gasteiger partial charge in [0.05, 0.1) is 25.0 Å². The number of rotatable bonds is 5. The summed E-state index contributed by atoms with van der Waals surface area (Å²) < 4.78 is 5.52. The number of nitrogens with zero attached hydrogens (tertiary/aromatic N) is 2. The molecule has 0 bridgehead atoms. The van der Waals surface area contributed by atoms with Crippen LogP contribution < -0.4 is 10.7 Å². The lowest BCUT2D eigenvalue weighted by Crippen LogP contribution is -2.43. The Balaban J connectivity index is 1.64. The van der Waals surface area contributed by atoms with Crippen LogP contribution in [0.15, 0.2) is 35.4 Å². The standard InChI is InChI=1S/C20H30N4OS/c1-16(22-23-20(26)21-18-10-6-3-7-11-18)19(17-8-4-2-5-9-17)24-12-14-25-15-13-24/h2,4-5,8-9,18-19H,3,6-7,10-15H2,1H3,(H2,21,23,26)/b22-16-/t19-/m1/s1. The molecule has 2 N–H and O–H groups in total. The molecule has 1 aromatic rings. The van der Waals surface area contributed by atoms with Crippen molar-refractivity contribution in [1.82, 2.24) is 15.6 Å². The molecule has 0 spiro atoms. The van der Waals surface area contributed by atoms with Gasteiger partial charge in [-0.25, -0.2) is 0 Å². The topological polar surface area (TPSA) is 48.9 Å². The van der Waals surface area contributed by atoms with E-state index < -0.39 is 0 Å². The number of ether oxygens (including phenoxy) is 1. The van der Waals surface area contributed by atoms with Crippen molar-refractivity contribution in [2.75, 3.05) is 26.3 Å². The maximum absolute atomic E-state index is 5.52. The number of nitrogens with one attached hydrogen (secondary N) is 2. The van der Waals surface area contributed by atoms with Crippen molar-refractivity contribution in [3.63, 3.8) is 0 Å². The molecule has 2 fully saturated rings. The van der Waals surface area contributed by atoms with Gasteiger partial charge in [-0.05, 0) is 37.5 Å². The third-order valence-electron chi connectivity index (χ3n) is 5.20. The average molecular weight is 375 g/mol. The first-order valence-electron chi connectivity index (χ1n) is 9.71. The van der Waals surface area contributed by atoms with Gasteiger partial charge in [0.15, 0.2) is 5.11 Å². The second-order valence-electron chi connectivity index (χ2n) is 7.13. The minimum absolute atomic E-state index is 0.144. The minimum atomic E-state index is 0.144. The molecule has 2 aliphatic rings. The molecule has 3 rings (SSSR count). The number of hydrogen-bond donors (Lipinski definition) is 2. The molecular weight excluding hydrogens is 344 g/mol. The summed E-state index contributed by atoms with van der Waals surface area (Å²) in [7, 11) is 0. The monoisotopic (exact) mass is 374 g/mol. The van der Waals surface area contributed by atoms with Crippen LogP contribution in [0.25, 0.3) is 0 Å². The predicted molar refractivity (Wildman–Crippen MR) is 110 cm³/mol. The molecule has 1 aliphatic heterocycles. The van der Waals surface area contributed by atoms with Gasteiger partial charge >= 0.3 is 0 Å². The molecule has 0 unspecified atom stereocenters. The number of hydrazone groups is 1. The van der Waals surface area contributed by atoms with Gasteiger partial charge in [-0.3, -0.25) is 10.3 Å². The lowest BCUT2D eigenvalue weighted by molar-refractivity contribution is 0.0285. The molecule has 1 aliphatic carbocycles. The summed E-state index contributed by atoms with van der Waals surface area (Å²) in [5.74, 6) is 0. The van der Waals surface area contributed by atoms with Crippen molar-refractivity contribution in [2.45, 2.75) is 51.1 Å². The average Bonchev–Trinajstić information content (AvgIpc) is 2.69. The highest BCUT2D eigenvalue weighted by Gasteiger charge is 2.25. The molecule has 26 heavy (non-hydrogen) atoms. The van der Waals surface area contributed by atoms with E-state index >= 15 is 0 Å². The molecule has 0 amide bonds. The van der Waals surface area contributed by atoms with E-state index in [1.165, 1.54) is 37.7 Å². The highest BCUT2D eigenvalue weighted by atomic mass is 32.1. The fourth-order valence-corrected chi connectivity index (χ4v) is 4.06. The highest BCUT2D eigenvalue weighted by Crippen LogP contribution is 2.23. The second kappa shape index (κ2) is 10.00. The van der Waals surface area contributed by atoms with Gasteiger partial charge in [-0.1, -0.05) is 49.6 Å². The zero-order valence-electron chi connectivity index (χ0n) is 15.6. The lowest BCUT2D eigenvalue weighted by Gasteiger charge is -2.34. The predicted octanol–water partition coefficient (Wildman–Crippen LogP) is 3.23. The Bertz CT molecular complexity index is 595. The van der Waals surface area contributed by atoms with Crippen LogP contribution in [0.5, 0.6) is 0 Å². The van der Waals surface area contributed by atoms with Gasteiger partial charge in [0, 0.05) is 19.1 Å². The number of hydrogen-bond acceptors (Lipinski definition) is 4. The van der Waals surface area contributed by atoms with E-state index in [1.807, 2.05) is 6.07 Å². The van der Waals surface area contributed by atoms with Crippen molar-refractivity contribution in [2.24, 2.45) is 5.10 Å². The first kappa shape index (κ1) is 19.3. The van der Waals surface area contributed by atoms with E-state index in [0.29, 0.717) is 11.2 Å². The molecule has 142 valence electrons. The van der Waals surface area contributed by atoms with Gasteiger partial charge in [0.25, 0.3) is 0 Å². The molecule has 1 heterocycles. The van der Waals surface area contributed by atoms with E-state index in [9.17, 15) is 0 Å². The van der Waals surface area contributed by atoms with Gasteiger partial charge in [-0.2, -0.15) is 5.10 Å². The molecule has 1 saturated heterocycles. The molecule has 1 atom stereocenters. The summed E-state index contributed by atoms with van der Waals surface area (Å²) in [6, 6.07) is 11.2. The van der Waals surface area contributed by atoms with Crippen LogP contribution in [-0.4, -0.2) is 48.1 Å². The molecule has 1 saturated carbocycles. The van der Waals surface area contributed by atoms with Crippen molar-refractivity contribution in [3.05, 3.63) is 35.9 Å². The molecular formula is C20H30N4OS. The van der Waals surface area contributed by atoms with Gasteiger partial charge in [0.2, 0.25) is 0 Å². The number of benzene rings is 1. The van der Waals surface area contributed by atoms with Gasteiger partial charge < -0.3 is 10.1 Å². The SMILES string of the molecule is C/C(=N/NC(=S)NC1CCCCC1)[C@H](c1ccccc1)N1CCOCC1. The smallest absolute Gasteiger partial charge is 0.187 e. The maximum Gasteiger partial charge on any atom is 0.187 e. The summed E-state index contributed by atoms with van der Waals surface area (Å²) in [5.41, 5.74) is 5.34. The Morgan fingerprint density at radius 2 is 1.85 bits per heavy atom. The molecule has 0 aromatic heterocycles. The Morgan fingerprint density at radius 3 is 2.54 bits per heavy atom. The molecule has 0 radical (unpaired) electrons. The minimum Gasteiger partial charge on any atom is -0.379 e. The third-order valence-corrected chi connectivity index (χ3v) is 5.41. The van der Waals surface area contributed by atoms with Crippen molar-refractivity contribution in [1.29, 1.82) is 0 Å². The van der Waals surface area contributed by atoms with E-state index in [1.54, 1.807) is 0 Å². The van der Waals surface area contributed by atoms with Crippen LogP contribution in [0, 0.1) is 0 Å². The largest absolute Gasteiger partial charge is 0.379 e. The molecule has 6 heteroatoms. The maximum atomic E-state index is 5.52. The summed E-state index contributed by atoms with van der Waals surface area (Å²) in [4.78, 5) is 2.43. The molecule has 5 nitrogen and oxygen atoms in total. The van der Waals surface area contributed by atoms with Crippen LogP contribution >= 0.6 is 12.2 Å². The Morgan fingerprint density at radius 1 is 1.15 bits per heavy atom.